The Kier molecular flexibility index (Phi) is 3.97. The van der Waals surface area contributed by atoms with Gasteiger partial charge in [-0.1, -0.05) is 0 Å². The predicted molar refractivity (Wildman–Crippen MR) is 66.1 cm³/mol. The van der Waals surface area contributed by atoms with Crippen LogP contribution in [0.2, 0.25) is 0 Å². The molecule has 16 heavy (non-hydrogen) atoms. The van der Waals surface area contributed by atoms with Gasteiger partial charge in [0.2, 0.25) is 0 Å². The SMILES string of the molecule is FC(F)(CC1CCNCC1)c1ccc(Br)s1. The summed E-state index contributed by atoms with van der Waals surface area (Å²) in [5.74, 6) is -2.52. The van der Waals surface area contributed by atoms with Crippen LogP contribution in [0.15, 0.2) is 15.9 Å². The molecular formula is C11H14BrF2NS. The minimum Gasteiger partial charge on any atom is -0.317 e. The summed E-state index contributed by atoms with van der Waals surface area (Å²) in [5.41, 5.74) is 0. The van der Waals surface area contributed by atoms with Gasteiger partial charge < -0.3 is 5.32 Å². The molecule has 2 rings (SSSR count). The highest BCUT2D eigenvalue weighted by molar-refractivity contribution is 9.11. The van der Waals surface area contributed by atoms with E-state index in [1.165, 1.54) is 6.07 Å². The third-order valence-corrected chi connectivity index (χ3v) is 4.67. The predicted octanol–water partition coefficient (Wildman–Crippen LogP) is 3.99. The van der Waals surface area contributed by atoms with Crippen molar-refractivity contribution in [2.75, 3.05) is 13.1 Å². The van der Waals surface area contributed by atoms with Gasteiger partial charge in [-0.05, 0) is 59.9 Å². The molecule has 0 aromatic carbocycles. The summed E-state index contributed by atoms with van der Waals surface area (Å²) in [4.78, 5) is 0.179. The van der Waals surface area contributed by atoms with Gasteiger partial charge in [-0.2, -0.15) is 0 Å². The summed E-state index contributed by atoms with van der Waals surface area (Å²) in [6.07, 6.45) is 1.71. The summed E-state index contributed by atoms with van der Waals surface area (Å²) in [7, 11) is 0. The van der Waals surface area contributed by atoms with E-state index in [9.17, 15) is 8.78 Å². The molecule has 0 aliphatic carbocycles. The van der Waals surface area contributed by atoms with E-state index in [1.807, 2.05) is 0 Å². The Bertz CT molecular complexity index is 348. The van der Waals surface area contributed by atoms with Crippen molar-refractivity contribution in [1.82, 2.24) is 5.32 Å². The van der Waals surface area contributed by atoms with Crippen LogP contribution in [0.25, 0.3) is 0 Å². The summed E-state index contributed by atoms with van der Waals surface area (Å²) in [5, 5.41) is 3.19. The van der Waals surface area contributed by atoms with Crippen LogP contribution < -0.4 is 5.32 Å². The van der Waals surface area contributed by atoms with Crippen LogP contribution in [0.1, 0.15) is 24.1 Å². The summed E-state index contributed by atoms with van der Waals surface area (Å²) in [6.45, 7) is 1.74. The lowest BCUT2D eigenvalue weighted by Gasteiger charge is -2.26. The van der Waals surface area contributed by atoms with Gasteiger partial charge in [0.05, 0.1) is 8.66 Å². The standard InChI is InChI=1S/C11H14BrF2NS/c12-10-2-1-9(16-10)11(13,14)7-8-3-5-15-6-4-8/h1-2,8,15H,3-7H2. The average Bonchev–Trinajstić information content (AvgIpc) is 2.66. The normalized spacial score (nSPS) is 18.9. The first kappa shape index (κ1) is 12.5. The third-order valence-electron chi connectivity index (χ3n) is 2.94. The Hall–Kier alpha value is -0.0000000000000000833. The van der Waals surface area contributed by atoms with Crippen molar-refractivity contribution in [3.8, 4) is 0 Å². The molecule has 1 N–H and O–H groups in total. The summed E-state index contributed by atoms with van der Waals surface area (Å²) < 4.78 is 28.6. The quantitative estimate of drug-likeness (QED) is 0.890. The van der Waals surface area contributed by atoms with Crippen molar-refractivity contribution < 1.29 is 8.78 Å². The van der Waals surface area contributed by atoms with Crippen LogP contribution in [-0.2, 0) is 5.92 Å². The van der Waals surface area contributed by atoms with E-state index in [1.54, 1.807) is 6.07 Å². The fourth-order valence-electron chi connectivity index (χ4n) is 2.06. The first-order chi connectivity index (χ1) is 7.58. The maximum Gasteiger partial charge on any atom is 0.282 e. The lowest BCUT2D eigenvalue weighted by Crippen LogP contribution is -2.30. The van der Waals surface area contributed by atoms with Crippen LogP contribution in [0.3, 0.4) is 0 Å². The first-order valence-electron chi connectivity index (χ1n) is 5.42. The molecule has 0 unspecified atom stereocenters. The van der Waals surface area contributed by atoms with E-state index < -0.39 is 5.92 Å². The molecular weight excluding hydrogens is 296 g/mol. The van der Waals surface area contributed by atoms with Crippen molar-refractivity contribution in [3.05, 3.63) is 20.8 Å². The smallest absolute Gasteiger partial charge is 0.282 e. The van der Waals surface area contributed by atoms with Crippen molar-refractivity contribution >= 4 is 27.3 Å². The van der Waals surface area contributed by atoms with Gasteiger partial charge in [-0.25, -0.2) is 8.78 Å². The van der Waals surface area contributed by atoms with Crippen LogP contribution in [-0.4, -0.2) is 13.1 Å². The molecule has 0 atom stereocenters. The number of halogens is 3. The maximum atomic E-state index is 13.9. The Morgan fingerprint density at radius 3 is 2.62 bits per heavy atom. The van der Waals surface area contributed by atoms with E-state index in [2.05, 4.69) is 21.2 Å². The zero-order valence-corrected chi connectivity index (χ0v) is 11.2. The average molecular weight is 310 g/mol. The number of rotatable bonds is 3. The Labute approximate surface area is 106 Å². The monoisotopic (exact) mass is 309 g/mol. The second-order valence-corrected chi connectivity index (χ2v) is 6.67. The second kappa shape index (κ2) is 5.10. The van der Waals surface area contributed by atoms with Gasteiger partial charge in [0.25, 0.3) is 5.92 Å². The third kappa shape index (κ3) is 3.02. The number of piperidine rings is 1. The highest BCUT2D eigenvalue weighted by Gasteiger charge is 2.36. The molecule has 90 valence electrons. The topological polar surface area (TPSA) is 12.0 Å². The number of thiophene rings is 1. The first-order valence-corrected chi connectivity index (χ1v) is 7.03. The number of hydrogen-bond acceptors (Lipinski definition) is 2. The van der Waals surface area contributed by atoms with Crippen molar-refractivity contribution in [2.24, 2.45) is 5.92 Å². The molecule has 1 nitrogen and oxygen atoms in total. The number of hydrogen-bond donors (Lipinski definition) is 1. The van der Waals surface area contributed by atoms with E-state index in [0.717, 1.165) is 41.1 Å². The highest BCUT2D eigenvalue weighted by atomic mass is 79.9. The largest absolute Gasteiger partial charge is 0.317 e. The lowest BCUT2D eigenvalue weighted by atomic mass is 9.91. The Morgan fingerprint density at radius 2 is 2.06 bits per heavy atom. The van der Waals surface area contributed by atoms with Gasteiger partial charge in [0.1, 0.15) is 0 Å². The molecule has 1 aromatic heterocycles. The van der Waals surface area contributed by atoms with E-state index in [0.29, 0.717) is 0 Å². The molecule has 1 fully saturated rings. The van der Waals surface area contributed by atoms with Gasteiger partial charge in [-0.15, -0.1) is 11.3 Å². The number of alkyl halides is 2. The molecule has 1 aromatic rings. The molecule has 2 heterocycles. The number of nitrogens with one attached hydrogen (secondary N) is 1. The zero-order chi connectivity index (χ0) is 11.6. The highest BCUT2D eigenvalue weighted by Crippen LogP contribution is 2.41. The molecule has 1 saturated heterocycles. The van der Waals surface area contributed by atoms with E-state index in [4.69, 9.17) is 0 Å². The fraction of sp³-hybridized carbons (Fsp3) is 0.636. The van der Waals surface area contributed by atoms with Gasteiger partial charge in [0.15, 0.2) is 0 Å². The summed E-state index contributed by atoms with van der Waals surface area (Å²) >= 11 is 4.36. The maximum absolute atomic E-state index is 13.9. The van der Waals surface area contributed by atoms with Crippen LogP contribution >= 0.6 is 27.3 Å². The molecule has 0 spiro atoms. The molecule has 0 saturated carbocycles. The summed E-state index contributed by atoms with van der Waals surface area (Å²) in [6, 6.07) is 3.21. The Morgan fingerprint density at radius 1 is 1.38 bits per heavy atom. The minimum absolute atomic E-state index is 0.0123. The molecule has 0 bridgehead atoms. The molecule has 1 aliphatic rings. The molecule has 0 amide bonds. The Balaban J connectivity index is 2.01. The molecule has 5 heteroatoms. The van der Waals surface area contributed by atoms with Crippen LogP contribution in [0.5, 0.6) is 0 Å². The van der Waals surface area contributed by atoms with Crippen molar-refractivity contribution in [1.29, 1.82) is 0 Å². The molecule has 0 radical (unpaired) electrons. The zero-order valence-electron chi connectivity index (χ0n) is 8.81. The van der Waals surface area contributed by atoms with Crippen LogP contribution in [0, 0.1) is 5.92 Å². The fourth-order valence-corrected chi connectivity index (χ4v) is 3.43. The van der Waals surface area contributed by atoms with Gasteiger partial charge >= 0.3 is 0 Å². The van der Waals surface area contributed by atoms with E-state index in [-0.39, 0.29) is 17.2 Å². The van der Waals surface area contributed by atoms with E-state index >= 15 is 0 Å². The lowest BCUT2D eigenvalue weighted by molar-refractivity contribution is -0.0290. The second-order valence-electron chi connectivity index (χ2n) is 4.21. The van der Waals surface area contributed by atoms with Crippen LogP contribution in [0.4, 0.5) is 8.78 Å². The van der Waals surface area contributed by atoms with Crippen molar-refractivity contribution in [3.63, 3.8) is 0 Å². The minimum atomic E-state index is -2.67. The van der Waals surface area contributed by atoms with Crippen molar-refractivity contribution in [2.45, 2.75) is 25.2 Å². The van der Waals surface area contributed by atoms with Gasteiger partial charge in [-0.3, -0.25) is 0 Å². The molecule has 1 aliphatic heterocycles. The van der Waals surface area contributed by atoms with Gasteiger partial charge in [0, 0.05) is 6.42 Å².